The van der Waals surface area contributed by atoms with Gasteiger partial charge in [-0.15, -0.1) is 5.10 Å². The van der Waals surface area contributed by atoms with Gasteiger partial charge in [-0.3, -0.25) is 4.57 Å². The van der Waals surface area contributed by atoms with Crippen molar-refractivity contribution in [3.8, 4) is 23.2 Å². The highest BCUT2D eigenvalue weighted by Crippen LogP contribution is 2.31. The third-order valence-corrected chi connectivity index (χ3v) is 5.16. The first-order valence-electron chi connectivity index (χ1n) is 10.3. The first kappa shape index (κ1) is 21.4. The average molecular weight is 466 g/mol. The molecular formula is C22H19FN6O5. The van der Waals surface area contributed by atoms with E-state index in [1.54, 1.807) is 45.8 Å². The van der Waals surface area contributed by atoms with Crippen molar-refractivity contribution in [1.29, 1.82) is 0 Å². The van der Waals surface area contributed by atoms with Gasteiger partial charge in [-0.25, -0.2) is 9.07 Å². The first-order chi connectivity index (χ1) is 16.4. The maximum absolute atomic E-state index is 13.7. The second-order valence-electron chi connectivity index (χ2n) is 7.97. The van der Waals surface area contributed by atoms with Crippen molar-refractivity contribution in [2.45, 2.75) is 25.7 Å². The van der Waals surface area contributed by atoms with E-state index in [1.165, 1.54) is 12.3 Å². The Hall–Kier alpha value is -4.48. The predicted molar refractivity (Wildman–Crippen MR) is 116 cm³/mol. The third-order valence-electron chi connectivity index (χ3n) is 5.16. The number of halogens is 1. The van der Waals surface area contributed by atoms with E-state index in [0.29, 0.717) is 18.0 Å². The summed E-state index contributed by atoms with van der Waals surface area (Å²) in [7, 11) is 0. The molecule has 0 bridgehead atoms. The van der Waals surface area contributed by atoms with Crippen LogP contribution in [0.15, 0.2) is 60.9 Å². The molecule has 0 saturated heterocycles. The number of imidazole rings is 1. The monoisotopic (exact) mass is 466 g/mol. The third kappa shape index (κ3) is 4.37. The summed E-state index contributed by atoms with van der Waals surface area (Å²) in [6.07, 6.45) is 3.05. The van der Waals surface area contributed by atoms with Gasteiger partial charge in [-0.2, -0.15) is 0 Å². The summed E-state index contributed by atoms with van der Waals surface area (Å²) in [6.45, 7) is 2.55. The van der Waals surface area contributed by atoms with Gasteiger partial charge in [-0.1, -0.05) is 17.3 Å². The molecule has 0 radical (unpaired) electrons. The number of hydrogen-bond acceptors (Lipinski definition) is 8. The minimum atomic E-state index is -0.699. The maximum atomic E-state index is 13.7. The van der Waals surface area contributed by atoms with E-state index >= 15 is 0 Å². The van der Waals surface area contributed by atoms with Crippen LogP contribution in [0.4, 0.5) is 10.2 Å². The Labute approximate surface area is 192 Å². The molecule has 12 heteroatoms. The van der Waals surface area contributed by atoms with Crippen LogP contribution in [-0.4, -0.2) is 41.7 Å². The number of ether oxygens (including phenoxy) is 3. The molecule has 0 aliphatic carbocycles. The summed E-state index contributed by atoms with van der Waals surface area (Å²) >= 11 is 0. The van der Waals surface area contributed by atoms with Crippen molar-refractivity contribution < 1.29 is 23.5 Å². The van der Waals surface area contributed by atoms with Crippen LogP contribution in [0.3, 0.4) is 0 Å². The number of hydrogen-bond donors (Lipinski definition) is 0. The van der Waals surface area contributed by atoms with Crippen molar-refractivity contribution >= 4 is 5.82 Å². The van der Waals surface area contributed by atoms with Crippen LogP contribution in [0.25, 0.3) is 5.69 Å². The minimum absolute atomic E-state index is 0.0847. The molecule has 0 amide bonds. The molecule has 0 unspecified atom stereocenters. The minimum Gasteiger partial charge on any atom is -0.489 e. The van der Waals surface area contributed by atoms with E-state index in [2.05, 4.69) is 15.3 Å². The topological polar surface area (TPSA) is 119 Å². The lowest BCUT2D eigenvalue weighted by atomic mass is 10.1. The molecule has 4 aromatic rings. The standard InChI is InChI=1S/C22H19FN6O5/c1-22(13-27-11-20(29(30)31)24-21(27)34-22)14-33-17-8-6-16(7-9-17)28-10-15(25-26-28)12-32-19-5-3-2-4-18(19)23/h2-11H,12-14H2,1H3/t22-/m1/s1. The van der Waals surface area contributed by atoms with Crippen molar-refractivity contribution in [3.05, 3.63) is 82.6 Å². The number of nitrogens with zero attached hydrogens (tertiary/aromatic N) is 6. The van der Waals surface area contributed by atoms with Gasteiger partial charge in [0.25, 0.3) is 0 Å². The molecule has 174 valence electrons. The van der Waals surface area contributed by atoms with Crippen LogP contribution < -0.4 is 14.2 Å². The zero-order chi connectivity index (χ0) is 23.7. The molecule has 5 rings (SSSR count). The summed E-state index contributed by atoms with van der Waals surface area (Å²) in [5.41, 5.74) is 0.607. The van der Waals surface area contributed by atoms with Crippen LogP contribution >= 0.6 is 0 Å². The first-order valence-corrected chi connectivity index (χ1v) is 10.3. The summed E-state index contributed by atoms with van der Waals surface area (Å²) in [6, 6.07) is 13.6. The molecule has 11 nitrogen and oxygen atoms in total. The van der Waals surface area contributed by atoms with Crippen LogP contribution in [0, 0.1) is 15.9 Å². The molecule has 3 heterocycles. The van der Waals surface area contributed by atoms with E-state index in [4.69, 9.17) is 14.2 Å². The predicted octanol–water partition coefficient (Wildman–Crippen LogP) is 3.32. The highest BCUT2D eigenvalue weighted by Gasteiger charge is 2.41. The number of nitro groups is 1. The number of para-hydroxylation sites is 1. The lowest BCUT2D eigenvalue weighted by Crippen LogP contribution is -2.38. The Kier molecular flexibility index (Phi) is 5.32. The van der Waals surface area contributed by atoms with Gasteiger partial charge in [0.05, 0.1) is 18.4 Å². The fourth-order valence-corrected chi connectivity index (χ4v) is 3.49. The molecule has 34 heavy (non-hydrogen) atoms. The van der Waals surface area contributed by atoms with E-state index in [9.17, 15) is 14.5 Å². The van der Waals surface area contributed by atoms with Gasteiger partial charge in [0, 0.05) is 4.98 Å². The number of aromatic nitrogens is 5. The van der Waals surface area contributed by atoms with Crippen LogP contribution in [0.2, 0.25) is 0 Å². The van der Waals surface area contributed by atoms with Crippen LogP contribution in [0.5, 0.6) is 17.5 Å². The fraction of sp³-hybridized carbons (Fsp3) is 0.227. The lowest BCUT2D eigenvalue weighted by Gasteiger charge is -2.22. The maximum Gasteiger partial charge on any atom is 0.415 e. The van der Waals surface area contributed by atoms with Gasteiger partial charge in [0.15, 0.2) is 17.2 Å². The van der Waals surface area contributed by atoms with Gasteiger partial charge in [0.1, 0.15) is 30.9 Å². The Morgan fingerprint density at radius 1 is 1.18 bits per heavy atom. The van der Waals surface area contributed by atoms with E-state index in [1.807, 2.05) is 19.1 Å². The summed E-state index contributed by atoms with van der Waals surface area (Å²) < 4.78 is 33.9. The summed E-state index contributed by atoms with van der Waals surface area (Å²) in [5.74, 6) is 0.0877. The van der Waals surface area contributed by atoms with E-state index in [-0.39, 0.29) is 30.8 Å². The number of rotatable bonds is 8. The molecular weight excluding hydrogens is 447 g/mol. The molecule has 0 saturated carbocycles. The van der Waals surface area contributed by atoms with Crippen molar-refractivity contribution in [2.24, 2.45) is 0 Å². The van der Waals surface area contributed by atoms with Gasteiger partial charge < -0.3 is 24.3 Å². The summed E-state index contributed by atoms with van der Waals surface area (Å²) in [5, 5.41) is 19.0. The molecule has 1 aliphatic rings. The summed E-state index contributed by atoms with van der Waals surface area (Å²) in [4.78, 5) is 14.1. The molecule has 0 spiro atoms. The SMILES string of the molecule is C[C@]1(COc2ccc(-n3cc(COc4ccccc4F)nn3)cc2)Cn2cc([N+](=O)[O-])nc2O1. The Morgan fingerprint density at radius 2 is 1.97 bits per heavy atom. The zero-order valence-corrected chi connectivity index (χ0v) is 18.0. The van der Waals surface area contributed by atoms with Crippen molar-refractivity contribution in [3.63, 3.8) is 0 Å². The Morgan fingerprint density at radius 3 is 2.71 bits per heavy atom. The lowest BCUT2D eigenvalue weighted by molar-refractivity contribution is -0.389. The number of benzene rings is 2. The fourth-order valence-electron chi connectivity index (χ4n) is 3.49. The van der Waals surface area contributed by atoms with E-state index in [0.717, 1.165) is 5.69 Å². The second kappa shape index (κ2) is 8.46. The Balaban J connectivity index is 1.16. The van der Waals surface area contributed by atoms with Crippen LogP contribution in [0.1, 0.15) is 12.6 Å². The average Bonchev–Trinajstić information content (AvgIpc) is 3.52. The van der Waals surface area contributed by atoms with Crippen LogP contribution in [-0.2, 0) is 13.2 Å². The Bertz CT molecular complexity index is 1310. The van der Waals surface area contributed by atoms with Gasteiger partial charge in [-0.05, 0) is 48.2 Å². The second-order valence-corrected chi connectivity index (χ2v) is 7.97. The molecule has 0 fully saturated rings. The largest absolute Gasteiger partial charge is 0.489 e. The van der Waals surface area contributed by atoms with Crippen molar-refractivity contribution in [2.75, 3.05) is 6.61 Å². The van der Waals surface area contributed by atoms with Gasteiger partial charge >= 0.3 is 11.8 Å². The van der Waals surface area contributed by atoms with E-state index < -0.39 is 16.3 Å². The normalized spacial score (nSPS) is 16.6. The molecule has 1 aliphatic heterocycles. The van der Waals surface area contributed by atoms with Crippen molar-refractivity contribution in [1.82, 2.24) is 24.5 Å². The smallest absolute Gasteiger partial charge is 0.415 e. The van der Waals surface area contributed by atoms with Gasteiger partial charge in [0.2, 0.25) is 0 Å². The highest BCUT2D eigenvalue weighted by molar-refractivity contribution is 5.37. The zero-order valence-electron chi connectivity index (χ0n) is 18.0. The molecule has 2 aromatic heterocycles. The quantitative estimate of drug-likeness (QED) is 0.287. The highest BCUT2D eigenvalue weighted by atomic mass is 19.1. The molecule has 1 atom stereocenters. The number of fused-ring (bicyclic) bond motifs is 1. The molecule has 2 aromatic carbocycles. The molecule has 0 N–H and O–H groups in total.